The number of rotatable bonds is 1. The number of carbonyl (C=O) groups excluding carboxylic acids is 2. The Morgan fingerprint density at radius 2 is 1.88 bits per heavy atom. The molecule has 2 atom stereocenters. The molecule has 2 saturated heterocycles. The molecular weight excluding hydrogens is 340 g/mol. The Labute approximate surface area is 148 Å². The highest BCUT2D eigenvalue weighted by molar-refractivity contribution is 7.17. The van der Waals surface area contributed by atoms with Crippen LogP contribution >= 0.6 is 11.3 Å². The smallest absolute Gasteiger partial charge is 0.347 e. The highest BCUT2D eigenvalue weighted by Gasteiger charge is 2.62. The number of nitrogens with one attached hydrogen (secondary N) is 1. The molecule has 2 aromatic rings. The first-order valence-corrected chi connectivity index (χ1v) is 9.14. The van der Waals surface area contributed by atoms with Crippen LogP contribution in [0.3, 0.4) is 0 Å². The van der Waals surface area contributed by atoms with Gasteiger partial charge in [0.25, 0.3) is 0 Å². The third-order valence-electron chi connectivity index (χ3n) is 5.20. The summed E-state index contributed by atoms with van der Waals surface area (Å²) in [5, 5.41) is 6.44. The second kappa shape index (κ2) is 5.31. The van der Waals surface area contributed by atoms with Gasteiger partial charge in [0.15, 0.2) is 0 Å². The summed E-state index contributed by atoms with van der Waals surface area (Å²) < 4.78 is 12.6. The predicted molar refractivity (Wildman–Crippen MR) is 93.1 cm³/mol. The van der Waals surface area contributed by atoms with E-state index in [9.17, 15) is 9.59 Å². The molecule has 3 aliphatic heterocycles. The van der Waals surface area contributed by atoms with Crippen LogP contribution in [-0.2, 0) is 19.1 Å². The van der Waals surface area contributed by atoms with Gasteiger partial charge in [-0.05, 0) is 6.07 Å². The summed E-state index contributed by atoms with van der Waals surface area (Å²) in [7, 11) is 0. The molecule has 1 spiro atoms. The third kappa shape index (κ3) is 2.12. The molecule has 1 aromatic carbocycles. The largest absolute Gasteiger partial charge is 0.400 e. The van der Waals surface area contributed by atoms with Gasteiger partial charge in [-0.2, -0.15) is 0 Å². The van der Waals surface area contributed by atoms with Crippen LogP contribution in [0.15, 0.2) is 41.8 Å². The van der Waals surface area contributed by atoms with Crippen molar-refractivity contribution in [2.45, 2.75) is 5.91 Å². The molecule has 4 heterocycles. The van der Waals surface area contributed by atoms with E-state index < -0.39 is 17.8 Å². The van der Waals surface area contributed by atoms with E-state index in [-0.39, 0.29) is 11.8 Å². The van der Waals surface area contributed by atoms with Crippen LogP contribution in [0.1, 0.15) is 0 Å². The number of anilines is 1. The summed E-state index contributed by atoms with van der Waals surface area (Å²) in [6.45, 7) is 2.12. The van der Waals surface area contributed by atoms with Crippen LogP contribution in [0, 0.1) is 11.8 Å². The topological polar surface area (TPSA) is 67.9 Å². The van der Waals surface area contributed by atoms with Gasteiger partial charge in [0, 0.05) is 53.2 Å². The first-order chi connectivity index (χ1) is 12.2. The van der Waals surface area contributed by atoms with Gasteiger partial charge in [0.2, 0.25) is 0 Å². The van der Waals surface area contributed by atoms with E-state index in [1.807, 2.05) is 28.5 Å². The zero-order valence-electron chi connectivity index (χ0n) is 13.3. The standard InChI is InChI=1S/C18H16N2O4S/c21-16-5-6-17(22)24-18(23-16)13-8-19-7-11(13)9-20(18)14-10-25-15-4-2-1-3-12(14)15/h1-6,10-11,13,19H,7-9H2. The average Bonchev–Trinajstić information content (AvgIpc) is 3.26. The number of benzene rings is 1. The van der Waals surface area contributed by atoms with Crippen molar-refractivity contribution in [1.82, 2.24) is 5.32 Å². The molecule has 0 amide bonds. The van der Waals surface area contributed by atoms with E-state index in [0.717, 1.165) is 34.5 Å². The lowest BCUT2D eigenvalue weighted by Crippen LogP contribution is -2.55. The summed E-state index contributed by atoms with van der Waals surface area (Å²) in [6.07, 6.45) is 2.27. The van der Waals surface area contributed by atoms with Crippen LogP contribution in [0.2, 0.25) is 0 Å². The summed E-state index contributed by atoms with van der Waals surface area (Å²) >= 11 is 1.63. The van der Waals surface area contributed by atoms with Crippen molar-refractivity contribution in [3.8, 4) is 0 Å². The number of fused-ring (bicyclic) bond motifs is 3. The molecule has 6 nitrogen and oxygen atoms in total. The van der Waals surface area contributed by atoms with E-state index in [0.29, 0.717) is 13.1 Å². The van der Waals surface area contributed by atoms with Crippen LogP contribution in [0.25, 0.3) is 10.1 Å². The minimum atomic E-state index is -1.39. The average molecular weight is 356 g/mol. The van der Waals surface area contributed by atoms with Crippen molar-refractivity contribution in [2.24, 2.45) is 11.8 Å². The summed E-state index contributed by atoms with van der Waals surface area (Å²) in [5.41, 5.74) is 0.942. The molecule has 128 valence electrons. The molecule has 25 heavy (non-hydrogen) atoms. The molecule has 0 radical (unpaired) electrons. The second-order valence-corrected chi connectivity index (χ2v) is 7.47. The molecule has 1 N–H and O–H groups in total. The van der Waals surface area contributed by atoms with E-state index in [4.69, 9.17) is 9.47 Å². The second-order valence-electron chi connectivity index (χ2n) is 6.56. The monoisotopic (exact) mass is 356 g/mol. The van der Waals surface area contributed by atoms with E-state index >= 15 is 0 Å². The molecule has 3 aliphatic rings. The lowest BCUT2D eigenvalue weighted by Gasteiger charge is -2.39. The van der Waals surface area contributed by atoms with Gasteiger partial charge < -0.3 is 14.8 Å². The first kappa shape index (κ1) is 14.9. The minimum absolute atomic E-state index is 0.0982. The van der Waals surface area contributed by atoms with Gasteiger partial charge in [-0.3, -0.25) is 4.90 Å². The molecule has 0 bridgehead atoms. The fourth-order valence-electron chi connectivity index (χ4n) is 4.13. The Hall–Kier alpha value is -2.38. The first-order valence-electron chi connectivity index (χ1n) is 8.26. The molecule has 0 aliphatic carbocycles. The van der Waals surface area contributed by atoms with Crippen LogP contribution in [0.4, 0.5) is 5.69 Å². The number of ether oxygens (including phenoxy) is 2. The van der Waals surface area contributed by atoms with Crippen molar-refractivity contribution in [1.29, 1.82) is 0 Å². The van der Waals surface area contributed by atoms with Gasteiger partial charge in [0.05, 0.1) is 11.6 Å². The van der Waals surface area contributed by atoms with Crippen LogP contribution in [-0.4, -0.2) is 37.5 Å². The summed E-state index contributed by atoms with van der Waals surface area (Å²) in [5.74, 6) is -2.35. The number of nitrogens with zero attached hydrogens (tertiary/aromatic N) is 1. The zero-order chi connectivity index (χ0) is 17.0. The van der Waals surface area contributed by atoms with Crippen molar-refractivity contribution in [3.05, 3.63) is 41.8 Å². The Balaban J connectivity index is 1.67. The number of esters is 2. The zero-order valence-corrected chi connectivity index (χ0v) is 14.1. The molecule has 0 saturated carbocycles. The molecule has 7 heteroatoms. The fraction of sp³-hybridized carbons (Fsp3) is 0.333. The fourth-order valence-corrected chi connectivity index (χ4v) is 5.08. The Morgan fingerprint density at radius 1 is 1.12 bits per heavy atom. The van der Waals surface area contributed by atoms with Crippen LogP contribution < -0.4 is 10.2 Å². The molecule has 5 rings (SSSR count). The van der Waals surface area contributed by atoms with Gasteiger partial charge in [-0.15, -0.1) is 11.3 Å². The number of carbonyl (C=O) groups is 2. The van der Waals surface area contributed by atoms with Crippen molar-refractivity contribution in [3.63, 3.8) is 0 Å². The van der Waals surface area contributed by atoms with Gasteiger partial charge in [0.1, 0.15) is 0 Å². The molecule has 2 fully saturated rings. The maximum absolute atomic E-state index is 12.2. The highest BCUT2D eigenvalue weighted by Crippen LogP contribution is 2.48. The predicted octanol–water partition coefficient (Wildman–Crippen LogP) is 1.87. The van der Waals surface area contributed by atoms with Crippen molar-refractivity contribution in [2.75, 3.05) is 24.5 Å². The molecule has 1 aromatic heterocycles. The number of hydrogen-bond acceptors (Lipinski definition) is 7. The van der Waals surface area contributed by atoms with Gasteiger partial charge >= 0.3 is 17.8 Å². The third-order valence-corrected chi connectivity index (χ3v) is 6.15. The lowest BCUT2D eigenvalue weighted by molar-refractivity contribution is -0.230. The van der Waals surface area contributed by atoms with E-state index in [1.54, 1.807) is 11.3 Å². The number of hydrogen-bond donors (Lipinski definition) is 1. The van der Waals surface area contributed by atoms with Crippen LogP contribution in [0.5, 0.6) is 0 Å². The molecular formula is C18H16N2O4S. The number of thiophene rings is 1. The van der Waals surface area contributed by atoms with Gasteiger partial charge in [-0.25, -0.2) is 9.59 Å². The maximum Gasteiger partial charge on any atom is 0.347 e. The maximum atomic E-state index is 12.2. The SMILES string of the molecule is O=C1C=CC(=O)OC2(O1)C1CNCC1CN2c1csc2ccccc12. The van der Waals surface area contributed by atoms with Crippen molar-refractivity contribution < 1.29 is 19.1 Å². The highest BCUT2D eigenvalue weighted by atomic mass is 32.1. The van der Waals surface area contributed by atoms with E-state index in [2.05, 4.69) is 11.4 Å². The summed E-state index contributed by atoms with van der Waals surface area (Å²) in [4.78, 5) is 26.3. The lowest BCUT2D eigenvalue weighted by atomic mass is 9.97. The summed E-state index contributed by atoms with van der Waals surface area (Å²) in [6, 6.07) is 8.08. The van der Waals surface area contributed by atoms with Crippen molar-refractivity contribution >= 4 is 39.0 Å². The minimum Gasteiger partial charge on any atom is -0.400 e. The Morgan fingerprint density at radius 3 is 2.68 bits per heavy atom. The normalized spacial score (nSPS) is 27.4. The molecule has 2 unspecified atom stereocenters. The quantitative estimate of drug-likeness (QED) is 0.787. The van der Waals surface area contributed by atoms with Gasteiger partial charge in [-0.1, -0.05) is 18.2 Å². The Kier molecular flexibility index (Phi) is 3.17. The Bertz CT molecular complexity index is 885. The van der Waals surface area contributed by atoms with E-state index in [1.165, 1.54) is 0 Å².